The van der Waals surface area contributed by atoms with Crippen LogP contribution in [0.3, 0.4) is 0 Å². The highest BCUT2D eigenvalue weighted by molar-refractivity contribution is 5.96. The molecular weight excluding hydrogens is 190 g/mol. The highest BCUT2D eigenvalue weighted by atomic mass is 16.5. The number of amides is 1. The van der Waals surface area contributed by atoms with Gasteiger partial charge in [0.2, 0.25) is 5.91 Å². The van der Waals surface area contributed by atoms with Gasteiger partial charge in [0.15, 0.2) is 5.90 Å². The fraction of sp³-hybridized carbons (Fsp3) is 0.667. The number of carbonyl (C=O) groups excluding carboxylic acids is 1. The van der Waals surface area contributed by atoms with Crippen molar-refractivity contribution in [3.8, 4) is 0 Å². The third-order valence-electron chi connectivity index (χ3n) is 3.25. The zero-order valence-corrected chi connectivity index (χ0v) is 9.32. The normalized spacial score (nSPS) is 30.4. The van der Waals surface area contributed by atoms with Crippen LogP contribution < -0.4 is 0 Å². The first-order chi connectivity index (χ1) is 7.22. The van der Waals surface area contributed by atoms with Crippen molar-refractivity contribution in [2.24, 2.45) is 16.8 Å². The molecule has 0 fully saturated rings. The van der Waals surface area contributed by atoms with Crippen LogP contribution in [0.2, 0.25) is 0 Å². The summed E-state index contributed by atoms with van der Waals surface area (Å²) >= 11 is 0. The average molecular weight is 207 g/mol. The summed E-state index contributed by atoms with van der Waals surface area (Å²) in [4.78, 5) is 15.5. The molecule has 2 aliphatic rings. The maximum Gasteiger partial charge on any atom is 0.249 e. The van der Waals surface area contributed by atoms with Crippen LogP contribution in [-0.2, 0) is 9.53 Å². The summed E-state index contributed by atoms with van der Waals surface area (Å²) in [5, 5.41) is 0. The Hall–Kier alpha value is -1.12. The molecule has 0 aromatic carbocycles. The van der Waals surface area contributed by atoms with E-state index in [9.17, 15) is 4.79 Å². The van der Waals surface area contributed by atoms with Gasteiger partial charge in [-0.25, -0.2) is 0 Å². The molecule has 0 bridgehead atoms. The molecule has 2 rings (SSSR count). The van der Waals surface area contributed by atoms with Crippen molar-refractivity contribution in [3.63, 3.8) is 0 Å². The molecule has 1 heterocycles. The van der Waals surface area contributed by atoms with Gasteiger partial charge in [0.1, 0.15) is 0 Å². The van der Waals surface area contributed by atoms with Gasteiger partial charge in [0, 0.05) is 12.3 Å². The summed E-state index contributed by atoms with van der Waals surface area (Å²) < 4.78 is 5.47. The second kappa shape index (κ2) is 4.17. The van der Waals surface area contributed by atoms with Crippen molar-refractivity contribution < 1.29 is 9.53 Å². The molecule has 3 heteroatoms. The van der Waals surface area contributed by atoms with Gasteiger partial charge in [0.25, 0.3) is 0 Å². The van der Waals surface area contributed by atoms with Gasteiger partial charge < -0.3 is 4.74 Å². The Labute approximate surface area is 90.2 Å². The number of aliphatic imine (C=N–C) groups is 1. The summed E-state index contributed by atoms with van der Waals surface area (Å²) in [7, 11) is 0. The minimum absolute atomic E-state index is 0.0330. The molecule has 3 nitrogen and oxygen atoms in total. The van der Waals surface area contributed by atoms with Crippen molar-refractivity contribution in [2.75, 3.05) is 6.61 Å². The third-order valence-corrected chi connectivity index (χ3v) is 3.25. The van der Waals surface area contributed by atoms with Gasteiger partial charge in [-0.2, -0.15) is 4.99 Å². The molecule has 0 saturated heterocycles. The van der Waals surface area contributed by atoms with E-state index in [4.69, 9.17) is 4.74 Å². The number of fused-ring (bicyclic) bond motifs is 1. The minimum Gasteiger partial charge on any atom is -0.481 e. The molecule has 0 radical (unpaired) electrons. The molecule has 1 aliphatic heterocycles. The number of allylic oxidation sites excluding steroid dienone is 2. The first-order valence-corrected chi connectivity index (χ1v) is 5.63. The predicted octanol–water partition coefficient (Wildman–Crippen LogP) is 2.32. The van der Waals surface area contributed by atoms with Crippen LogP contribution in [0.15, 0.2) is 16.6 Å². The molecule has 2 atom stereocenters. The van der Waals surface area contributed by atoms with E-state index in [1.54, 1.807) is 0 Å². The Balaban J connectivity index is 2.25. The topological polar surface area (TPSA) is 38.7 Å². The number of carbonyl (C=O) groups is 1. The van der Waals surface area contributed by atoms with E-state index >= 15 is 0 Å². The molecule has 15 heavy (non-hydrogen) atoms. The van der Waals surface area contributed by atoms with Crippen LogP contribution in [0.4, 0.5) is 0 Å². The summed E-state index contributed by atoms with van der Waals surface area (Å²) in [5.74, 6) is 1.32. The Kier molecular flexibility index (Phi) is 2.89. The number of ether oxygens (including phenoxy) is 1. The van der Waals surface area contributed by atoms with Crippen LogP contribution in [0.25, 0.3) is 0 Å². The summed E-state index contributed by atoms with van der Waals surface area (Å²) in [6, 6.07) is 0. The van der Waals surface area contributed by atoms with E-state index in [2.05, 4.69) is 18.0 Å². The lowest BCUT2D eigenvalue weighted by atomic mass is 9.75. The zero-order chi connectivity index (χ0) is 10.8. The Morgan fingerprint density at radius 2 is 2.33 bits per heavy atom. The van der Waals surface area contributed by atoms with Gasteiger partial charge in [0.05, 0.1) is 6.61 Å². The molecule has 82 valence electrons. The smallest absolute Gasteiger partial charge is 0.249 e. The van der Waals surface area contributed by atoms with E-state index in [0.29, 0.717) is 30.8 Å². The van der Waals surface area contributed by atoms with E-state index < -0.39 is 0 Å². The highest BCUT2D eigenvalue weighted by Crippen LogP contribution is 2.36. The van der Waals surface area contributed by atoms with Gasteiger partial charge in [-0.1, -0.05) is 11.6 Å². The molecule has 0 saturated carbocycles. The summed E-state index contributed by atoms with van der Waals surface area (Å²) in [5.41, 5.74) is 1.33. The largest absolute Gasteiger partial charge is 0.481 e. The maximum atomic E-state index is 11.5. The van der Waals surface area contributed by atoms with E-state index in [0.717, 1.165) is 12.8 Å². The molecule has 0 N–H and O–H groups in total. The van der Waals surface area contributed by atoms with Crippen molar-refractivity contribution in [2.45, 2.75) is 33.1 Å². The molecule has 0 unspecified atom stereocenters. The highest BCUT2D eigenvalue weighted by Gasteiger charge is 2.36. The quantitative estimate of drug-likeness (QED) is 0.619. The van der Waals surface area contributed by atoms with Gasteiger partial charge in [-0.05, 0) is 32.6 Å². The molecule has 1 aliphatic carbocycles. The zero-order valence-electron chi connectivity index (χ0n) is 9.32. The summed E-state index contributed by atoms with van der Waals surface area (Å²) in [6.07, 6.45) is 4.94. The monoisotopic (exact) mass is 207 g/mol. The lowest BCUT2D eigenvalue weighted by molar-refractivity contribution is -0.119. The first-order valence-electron chi connectivity index (χ1n) is 5.63. The Bertz CT molecular complexity index is 331. The second-order valence-corrected chi connectivity index (χ2v) is 4.22. The fourth-order valence-electron chi connectivity index (χ4n) is 2.49. The van der Waals surface area contributed by atoms with Crippen molar-refractivity contribution in [1.82, 2.24) is 0 Å². The van der Waals surface area contributed by atoms with Crippen molar-refractivity contribution in [3.05, 3.63) is 11.6 Å². The summed E-state index contributed by atoms with van der Waals surface area (Å²) in [6.45, 7) is 4.64. The third kappa shape index (κ3) is 1.96. The van der Waals surface area contributed by atoms with Crippen molar-refractivity contribution >= 4 is 11.8 Å². The Morgan fingerprint density at radius 3 is 3.07 bits per heavy atom. The van der Waals surface area contributed by atoms with Crippen LogP contribution >= 0.6 is 0 Å². The predicted molar refractivity (Wildman–Crippen MR) is 58.7 cm³/mol. The van der Waals surface area contributed by atoms with Crippen LogP contribution in [-0.4, -0.2) is 18.4 Å². The molecule has 0 spiro atoms. The van der Waals surface area contributed by atoms with Crippen molar-refractivity contribution in [1.29, 1.82) is 0 Å². The van der Waals surface area contributed by atoms with Gasteiger partial charge in [-0.3, -0.25) is 4.79 Å². The number of hydrogen-bond donors (Lipinski definition) is 0. The van der Waals surface area contributed by atoms with Gasteiger partial charge >= 0.3 is 0 Å². The van der Waals surface area contributed by atoms with E-state index in [-0.39, 0.29) is 5.91 Å². The standard InChI is InChI=1S/C12H17NO2/c1-3-15-12-9-6-4-5-8(2)10(9)7-11(14)13-12/h5,9-10H,3-4,6-7H2,1-2H3/t9-,10-/m0/s1. The van der Waals surface area contributed by atoms with Gasteiger partial charge in [-0.15, -0.1) is 0 Å². The fourth-order valence-corrected chi connectivity index (χ4v) is 2.49. The SMILES string of the molecule is CCOC1=NC(=O)C[C@H]2C(C)=CCC[C@H]12. The molecule has 1 amide bonds. The number of rotatable bonds is 1. The van der Waals surface area contributed by atoms with Crippen LogP contribution in [0.1, 0.15) is 33.1 Å². The maximum absolute atomic E-state index is 11.5. The lowest BCUT2D eigenvalue weighted by Gasteiger charge is -2.33. The molecule has 0 aromatic heterocycles. The van der Waals surface area contributed by atoms with Crippen LogP contribution in [0.5, 0.6) is 0 Å². The Morgan fingerprint density at radius 1 is 1.53 bits per heavy atom. The van der Waals surface area contributed by atoms with Crippen LogP contribution in [0, 0.1) is 11.8 Å². The average Bonchev–Trinajstić information content (AvgIpc) is 2.20. The number of hydrogen-bond acceptors (Lipinski definition) is 2. The van der Waals surface area contributed by atoms with E-state index in [1.807, 2.05) is 6.92 Å². The first kappa shape index (κ1) is 10.4. The van der Waals surface area contributed by atoms with E-state index in [1.165, 1.54) is 5.57 Å². The molecular formula is C12H17NO2. The number of nitrogens with zero attached hydrogens (tertiary/aromatic N) is 1. The second-order valence-electron chi connectivity index (χ2n) is 4.22. The minimum atomic E-state index is -0.0330. The molecule has 0 aromatic rings. The lowest BCUT2D eigenvalue weighted by Crippen LogP contribution is -2.35.